The summed E-state index contributed by atoms with van der Waals surface area (Å²) in [4.78, 5) is 24.4. The summed E-state index contributed by atoms with van der Waals surface area (Å²) in [5, 5.41) is 19.6. The predicted octanol–water partition coefficient (Wildman–Crippen LogP) is 5.39. The Labute approximate surface area is 203 Å². The molecule has 0 saturated carbocycles. The number of aliphatic hydroxyl groups excluding tert-OH is 1. The van der Waals surface area contributed by atoms with Gasteiger partial charge in [0.05, 0.1) is 13.7 Å². The van der Waals surface area contributed by atoms with E-state index >= 15 is 0 Å². The van der Waals surface area contributed by atoms with Gasteiger partial charge in [-0.2, -0.15) is 8.78 Å². The Hall–Kier alpha value is -3.20. The van der Waals surface area contributed by atoms with Gasteiger partial charge in [0.1, 0.15) is 5.56 Å². The van der Waals surface area contributed by atoms with Crippen molar-refractivity contribution in [2.24, 2.45) is 5.41 Å². The first-order chi connectivity index (χ1) is 16.4. The standard InChI is InChI=1S/C26H33F2NO6/c1-7-16(11-17-15(3)9-10-21(34-6)23(17)35-25(27)28)19-12-20(31)18(24(32)33)13-29(19)22(8-2)26(4,5)14-30/h9-13,22,25,30H,7-8,14H2,1-6H3,(H,32,33)/b16-11+. The van der Waals surface area contributed by atoms with Crippen LogP contribution in [0.2, 0.25) is 0 Å². The normalized spacial score (nSPS) is 13.1. The molecule has 0 bridgehead atoms. The molecule has 0 aliphatic rings. The summed E-state index contributed by atoms with van der Waals surface area (Å²) in [5.41, 5.74) is 0.316. The van der Waals surface area contributed by atoms with E-state index in [2.05, 4.69) is 0 Å². The van der Waals surface area contributed by atoms with Gasteiger partial charge in [-0.3, -0.25) is 4.79 Å². The van der Waals surface area contributed by atoms with Gasteiger partial charge in [0, 0.05) is 35.0 Å². The lowest BCUT2D eigenvalue weighted by Gasteiger charge is -2.36. The molecule has 2 aromatic rings. The molecule has 1 atom stereocenters. The van der Waals surface area contributed by atoms with E-state index in [9.17, 15) is 28.6 Å². The largest absolute Gasteiger partial charge is 0.493 e. The third kappa shape index (κ3) is 6.08. The molecule has 192 valence electrons. The fourth-order valence-electron chi connectivity index (χ4n) is 4.22. The molecular formula is C26H33F2NO6. The molecule has 1 aromatic heterocycles. The van der Waals surface area contributed by atoms with Crippen LogP contribution >= 0.6 is 0 Å². The van der Waals surface area contributed by atoms with Crippen molar-refractivity contribution in [2.75, 3.05) is 13.7 Å². The molecule has 7 nitrogen and oxygen atoms in total. The zero-order valence-corrected chi connectivity index (χ0v) is 20.9. The number of allylic oxidation sites excluding steroid dienone is 1. The maximum atomic E-state index is 13.2. The Balaban J connectivity index is 2.92. The first kappa shape index (κ1) is 28.0. The predicted molar refractivity (Wildman–Crippen MR) is 130 cm³/mol. The first-order valence-electron chi connectivity index (χ1n) is 11.3. The number of carboxylic acid groups (broad SMARTS) is 1. The summed E-state index contributed by atoms with van der Waals surface area (Å²) in [5.74, 6) is -1.36. The number of nitrogens with zero attached hydrogens (tertiary/aromatic N) is 1. The lowest BCUT2D eigenvalue weighted by Crippen LogP contribution is -2.33. The van der Waals surface area contributed by atoms with Crippen LogP contribution in [0.3, 0.4) is 0 Å². The topological polar surface area (TPSA) is 98.0 Å². The molecule has 0 aliphatic heterocycles. The Morgan fingerprint density at radius 3 is 2.40 bits per heavy atom. The molecule has 0 spiro atoms. The molecule has 0 radical (unpaired) electrons. The quantitative estimate of drug-likeness (QED) is 0.436. The van der Waals surface area contributed by atoms with Gasteiger partial charge >= 0.3 is 12.6 Å². The third-order valence-corrected chi connectivity index (χ3v) is 6.18. The molecule has 2 N–H and O–H groups in total. The number of methoxy groups -OCH3 is 1. The van der Waals surface area contributed by atoms with Crippen molar-refractivity contribution in [2.45, 2.75) is 60.1 Å². The van der Waals surface area contributed by atoms with E-state index in [4.69, 9.17) is 9.47 Å². The molecule has 1 aromatic carbocycles. The maximum Gasteiger partial charge on any atom is 0.387 e. The number of ether oxygens (including phenoxy) is 2. The number of benzene rings is 1. The lowest BCUT2D eigenvalue weighted by molar-refractivity contribution is -0.0513. The minimum absolute atomic E-state index is 0.129. The van der Waals surface area contributed by atoms with Crippen LogP contribution < -0.4 is 14.9 Å². The minimum atomic E-state index is -3.08. The van der Waals surface area contributed by atoms with Gasteiger partial charge in [-0.05, 0) is 43.0 Å². The highest BCUT2D eigenvalue weighted by Gasteiger charge is 2.31. The van der Waals surface area contributed by atoms with Crippen LogP contribution in [0.1, 0.15) is 73.8 Å². The van der Waals surface area contributed by atoms with Gasteiger partial charge in [-0.25, -0.2) is 4.79 Å². The van der Waals surface area contributed by atoms with E-state index in [1.807, 2.05) is 27.7 Å². The molecule has 1 unspecified atom stereocenters. The number of hydrogen-bond acceptors (Lipinski definition) is 5. The van der Waals surface area contributed by atoms with E-state index < -0.39 is 29.0 Å². The molecule has 35 heavy (non-hydrogen) atoms. The second kappa shape index (κ2) is 11.5. The molecular weight excluding hydrogens is 460 g/mol. The van der Waals surface area contributed by atoms with Gasteiger partial charge in [0.25, 0.3) is 0 Å². The molecule has 0 aliphatic carbocycles. The van der Waals surface area contributed by atoms with E-state index in [-0.39, 0.29) is 24.1 Å². The van der Waals surface area contributed by atoms with E-state index in [1.54, 1.807) is 23.6 Å². The monoisotopic (exact) mass is 493 g/mol. The minimum Gasteiger partial charge on any atom is -0.493 e. The molecule has 0 fully saturated rings. The number of carboxylic acids is 1. The molecule has 0 amide bonds. The highest BCUT2D eigenvalue weighted by molar-refractivity contribution is 5.88. The average Bonchev–Trinajstić information content (AvgIpc) is 2.79. The van der Waals surface area contributed by atoms with Crippen LogP contribution in [0, 0.1) is 12.3 Å². The number of carbonyl (C=O) groups is 1. The van der Waals surface area contributed by atoms with Crippen LogP contribution in [0.15, 0.2) is 29.2 Å². The number of pyridine rings is 1. The van der Waals surface area contributed by atoms with Crippen molar-refractivity contribution in [1.29, 1.82) is 0 Å². The third-order valence-electron chi connectivity index (χ3n) is 6.18. The summed E-state index contributed by atoms with van der Waals surface area (Å²) < 4.78 is 38.2. The maximum absolute atomic E-state index is 13.2. The second-order valence-corrected chi connectivity index (χ2v) is 8.95. The van der Waals surface area contributed by atoms with Crippen molar-refractivity contribution in [1.82, 2.24) is 4.57 Å². The molecule has 2 rings (SSSR count). The van der Waals surface area contributed by atoms with Gasteiger partial charge in [-0.15, -0.1) is 0 Å². The Morgan fingerprint density at radius 2 is 1.91 bits per heavy atom. The number of aromatic carboxylic acids is 1. The zero-order chi connectivity index (χ0) is 26.5. The van der Waals surface area contributed by atoms with Crippen molar-refractivity contribution in [3.05, 3.63) is 57.0 Å². The number of aliphatic hydroxyl groups is 1. The zero-order valence-electron chi connectivity index (χ0n) is 20.9. The van der Waals surface area contributed by atoms with Crippen LogP contribution in [0.5, 0.6) is 11.5 Å². The molecule has 9 heteroatoms. The van der Waals surface area contributed by atoms with Gasteiger partial charge in [-0.1, -0.05) is 33.8 Å². The summed E-state index contributed by atoms with van der Waals surface area (Å²) in [6.45, 7) is 5.92. The summed E-state index contributed by atoms with van der Waals surface area (Å²) >= 11 is 0. The van der Waals surface area contributed by atoms with Crippen LogP contribution in [0.4, 0.5) is 8.78 Å². The number of hydrogen-bond donors (Lipinski definition) is 2. The van der Waals surface area contributed by atoms with Gasteiger partial charge in [0.15, 0.2) is 16.9 Å². The van der Waals surface area contributed by atoms with Crippen molar-refractivity contribution >= 4 is 17.6 Å². The van der Waals surface area contributed by atoms with Crippen LogP contribution in [-0.2, 0) is 0 Å². The van der Waals surface area contributed by atoms with Crippen LogP contribution in [-0.4, -0.2) is 41.1 Å². The second-order valence-electron chi connectivity index (χ2n) is 8.95. The molecule has 0 saturated heterocycles. The van der Waals surface area contributed by atoms with E-state index in [0.29, 0.717) is 35.2 Å². The van der Waals surface area contributed by atoms with Crippen LogP contribution in [0.25, 0.3) is 11.6 Å². The SMILES string of the molecule is CC/C(=C\c1c(C)ccc(OC)c1OC(F)F)c1cc(=O)c(C(=O)O)cn1C(CC)C(C)(C)CO. The Kier molecular flexibility index (Phi) is 9.20. The Bertz CT molecular complexity index is 1150. The van der Waals surface area contributed by atoms with Crippen molar-refractivity contribution in [3.8, 4) is 11.5 Å². The Morgan fingerprint density at radius 1 is 1.26 bits per heavy atom. The number of halogens is 2. The fraction of sp³-hybridized carbons (Fsp3) is 0.462. The van der Waals surface area contributed by atoms with E-state index in [0.717, 1.165) is 0 Å². The lowest BCUT2D eigenvalue weighted by atomic mass is 9.82. The van der Waals surface area contributed by atoms with Gasteiger partial charge in [0.2, 0.25) is 0 Å². The highest BCUT2D eigenvalue weighted by atomic mass is 19.3. The smallest absolute Gasteiger partial charge is 0.387 e. The fourth-order valence-corrected chi connectivity index (χ4v) is 4.22. The summed E-state index contributed by atoms with van der Waals surface area (Å²) in [6, 6.07) is 4.13. The summed E-state index contributed by atoms with van der Waals surface area (Å²) in [7, 11) is 1.35. The van der Waals surface area contributed by atoms with E-state index in [1.165, 1.54) is 25.4 Å². The number of rotatable bonds is 11. The van der Waals surface area contributed by atoms with Crippen molar-refractivity contribution in [3.63, 3.8) is 0 Å². The number of alkyl halides is 2. The molecule has 1 heterocycles. The first-order valence-corrected chi connectivity index (χ1v) is 11.3. The number of aromatic nitrogens is 1. The summed E-state index contributed by atoms with van der Waals surface area (Å²) in [6.07, 6.45) is 3.88. The van der Waals surface area contributed by atoms with Crippen molar-refractivity contribution < 1.29 is 33.3 Å². The number of aryl methyl sites for hydroxylation is 1. The average molecular weight is 494 g/mol. The van der Waals surface area contributed by atoms with Gasteiger partial charge < -0.3 is 24.3 Å². The highest BCUT2D eigenvalue weighted by Crippen LogP contribution is 2.39.